The van der Waals surface area contributed by atoms with Crippen LogP contribution < -0.4 is 16.0 Å². The number of nitrogen functional groups attached to an aromatic ring is 1. The Kier molecular flexibility index (Phi) is 6.42. The Balaban J connectivity index is 1.69. The zero-order chi connectivity index (χ0) is 22.8. The first kappa shape index (κ1) is 22.5. The second-order valence-corrected chi connectivity index (χ2v) is 8.50. The van der Waals surface area contributed by atoms with Crippen molar-refractivity contribution in [2.24, 2.45) is 5.73 Å². The number of aliphatic hydroxyl groups is 1. The number of benzene rings is 2. The summed E-state index contributed by atoms with van der Waals surface area (Å²) < 4.78 is 5.44. The third-order valence-electron chi connectivity index (χ3n) is 5.19. The second kappa shape index (κ2) is 8.87. The Morgan fingerprint density at radius 3 is 2.35 bits per heavy atom. The number of hydrogen-bond acceptors (Lipinski definition) is 5. The molecule has 1 saturated heterocycles. The monoisotopic (exact) mass is 424 g/mol. The largest absolute Gasteiger partial charge is 0.384 e. The average Bonchev–Trinajstić information content (AvgIpc) is 2.73. The molecule has 2 aromatic rings. The molecule has 31 heavy (non-hydrogen) atoms. The van der Waals surface area contributed by atoms with Crippen molar-refractivity contribution in [2.45, 2.75) is 38.4 Å². The van der Waals surface area contributed by atoms with Crippen molar-refractivity contribution in [3.8, 4) is 0 Å². The Labute approximate surface area is 181 Å². The summed E-state index contributed by atoms with van der Waals surface area (Å²) in [6.07, 6.45) is -2.97. The number of hydrogen-bond donors (Lipinski definition) is 4. The molecule has 0 bridgehead atoms. The van der Waals surface area contributed by atoms with E-state index in [0.717, 1.165) is 5.56 Å². The van der Waals surface area contributed by atoms with Crippen LogP contribution in [0, 0.1) is 5.41 Å². The number of rotatable bonds is 5. The minimum absolute atomic E-state index is 0.00696. The number of nitrogens with one attached hydrogen (secondary N) is 2. The summed E-state index contributed by atoms with van der Waals surface area (Å²) in [6, 6.07) is 14.0. The van der Waals surface area contributed by atoms with E-state index in [4.69, 9.17) is 15.9 Å². The van der Waals surface area contributed by atoms with Crippen molar-refractivity contribution in [3.05, 3.63) is 59.7 Å². The molecule has 0 aromatic heterocycles. The molecule has 1 fully saturated rings. The molecule has 3 rings (SSSR count). The second-order valence-electron chi connectivity index (χ2n) is 8.50. The summed E-state index contributed by atoms with van der Waals surface area (Å²) in [7, 11) is 0. The molecular formula is C23H28N4O4. The van der Waals surface area contributed by atoms with Crippen LogP contribution in [0.5, 0.6) is 0 Å². The SMILES string of the molecule is CC(C)(C)c1ccc(N2CCO[C@H](C(O)C(=O)Nc3ccc(C(=N)N)cc3)C2=O)cc1. The highest BCUT2D eigenvalue weighted by molar-refractivity contribution is 6.04. The molecule has 2 amide bonds. The molecule has 1 unspecified atom stereocenters. The Morgan fingerprint density at radius 1 is 1.19 bits per heavy atom. The van der Waals surface area contributed by atoms with E-state index in [0.29, 0.717) is 23.5 Å². The molecule has 0 radical (unpaired) electrons. The number of morpholine rings is 1. The summed E-state index contributed by atoms with van der Waals surface area (Å²) >= 11 is 0. The number of carbonyl (C=O) groups excluding carboxylic acids is 2. The minimum Gasteiger partial charge on any atom is -0.384 e. The standard InChI is InChI=1S/C23H28N4O4/c1-23(2,3)15-6-10-17(11-7-15)27-12-13-31-19(22(27)30)18(28)21(29)26-16-8-4-14(5-9-16)20(24)25/h4-11,18-19,28H,12-13H2,1-3H3,(H3,24,25)(H,26,29)/t18?,19-/m1/s1. The van der Waals surface area contributed by atoms with Gasteiger partial charge in [0.15, 0.2) is 12.2 Å². The van der Waals surface area contributed by atoms with Crippen molar-refractivity contribution in [3.63, 3.8) is 0 Å². The van der Waals surface area contributed by atoms with Crippen molar-refractivity contribution >= 4 is 29.0 Å². The molecule has 1 aliphatic rings. The lowest BCUT2D eigenvalue weighted by Crippen LogP contribution is -2.55. The third-order valence-corrected chi connectivity index (χ3v) is 5.19. The molecule has 2 atom stereocenters. The van der Waals surface area contributed by atoms with Gasteiger partial charge in [-0.1, -0.05) is 32.9 Å². The Hall–Kier alpha value is -3.23. The number of aliphatic hydroxyl groups excluding tert-OH is 1. The lowest BCUT2D eigenvalue weighted by atomic mass is 9.87. The van der Waals surface area contributed by atoms with Crippen LogP contribution in [0.15, 0.2) is 48.5 Å². The van der Waals surface area contributed by atoms with Crippen LogP contribution in [-0.2, 0) is 19.7 Å². The highest BCUT2D eigenvalue weighted by atomic mass is 16.5. The van der Waals surface area contributed by atoms with E-state index in [9.17, 15) is 14.7 Å². The fourth-order valence-corrected chi connectivity index (χ4v) is 3.32. The molecule has 0 aliphatic carbocycles. The van der Waals surface area contributed by atoms with E-state index in [2.05, 4.69) is 26.1 Å². The molecule has 8 nitrogen and oxygen atoms in total. The maximum absolute atomic E-state index is 12.9. The maximum atomic E-state index is 12.9. The third kappa shape index (κ3) is 5.10. The summed E-state index contributed by atoms with van der Waals surface area (Å²) in [5, 5.41) is 20.4. The summed E-state index contributed by atoms with van der Waals surface area (Å²) in [4.78, 5) is 27.0. The minimum atomic E-state index is -1.67. The van der Waals surface area contributed by atoms with Gasteiger partial charge in [-0.15, -0.1) is 0 Å². The van der Waals surface area contributed by atoms with E-state index < -0.39 is 24.0 Å². The number of carbonyl (C=O) groups is 2. The first-order valence-electron chi connectivity index (χ1n) is 10.0. The van der Waals surface area contributed by atoms with Crippen LogP contribution in [0.25, 0.3) is 0 Å². The van der Waals surface area contributed by atoms with Crippen LogP contribution in [0.2, 0.25) is 0 Å². The van der Waals surface area contributed by atoms with Gasteiger partial charge in [0.25, 0.3) is 11.8 Å². The maximum Gasteiger partial charge on any atom is 0.259 e. The van der Waals surface area contributed by atoms with Gasteiger partial charge in [0.2, 0.25) is 0 Å². The first-order chi connectivity index (χ1) is 14.6. The zero-order valence-corrected chi connectivity index (χ0v) is 17.9. The van der Waals surface area contributed by atoms with Crippen LogP contribution in [0.1, 0.15) is 31.9 Å². The van der Waals surface area contributed by atoms with Crippen LogP contribution in [0.3, 0.4) is 0 Å². The van der Waals surface area contributed by atoms with Crippen LogP contribution >= 0.6 is 0 Å². The normalized spacial score (nSPS) is 17.9. The molecule has 1 aliphatic heterocycles. The van der Waals surface area contributed by atoms with E-state index >= 15 is 0 Å². The highest BCUT2D eigenvalue weighted by Gasteiger charge is 2.39. The van der Waals surface area contributed by atoms with E-state index in [-0.39, 0.29) is 17.9 Å². The summed E-state index contributed by atoms with van der Waals surface area (Å²) in [5.74, 6) is -1.31. The van der Waals surface area contributed by atoms with Crippen molar-refractivity contribution < 1.29 is 19.4 Å². The van der Waals surface area contributed by atoms with Crippen molar-refractivity contribution in [1.82, 2.24) is 0 Å². The number of amidine groups is 1. The molecule has 1 heterocycles. The number of ether oxygens (including phenoxy) is 1. The molecule has 164 valence electrons. The lowest BCUT2D eigenvalue weighted by Gasteiger charge is -2.34. The van der Waals surface area contributed by atoms with Gasteiger partial charge >= 0.3 is 0 Å². The van der Waals surface area contributed by atoms with Gasteiger partial charge in [0.1, 0.15) is 5.84 Å². The van der Waals surface area contributed by atoms with E-state index in [1.54, 1.807) is 24.3 Å². The molecular weight excluding hydrogens is 396 g/mol. The number of nitrogens with zero attached hydrogens (tertiary/aromatic N) is 1. The molecule has 8 heteroatoms. The van der Waals surface area contributed by atoms with Gasteiger partial charge in [-0.2, -0.15) is 0 Å². The predicted molar refractivity (Wildman–Crippen MR) is 119 cm³/mol. The van der Waals surface area contributed by atoms with Gasteiger partial charge in [0, 0.05) is 23.5 Å². The van der Waals surface area contributed by atoms with E-state index in [1.165, 1.54) is 4.90 Å². The predicted octanol–water partition coefficient (Wildman–Crippen LogP) is 2.00. The average molecular weight is 425 g/mol. The Morgan fingerprint density at radius 2 is 1.81 bits per heavy atom. The smallest absolute Gasteiger partial charge is 0.259 e. The van der Waals surface area contributed by atoms with Gasteiger partial charge in [-0.25, -0.2) is 0 Å². The summed E-state index contributed by atoms with van der Waals surface area (Å²) in [5.41, 5.74) is 8.16. The Bertz CT molecular complexity index is 965. The van der Waals surface area contributed by atoms with Crippen LogP contribution in [-0.4, -0.2) is 48.1 Å². The van der Waals surface area contributed by atoms with Gasteiger partial charge in [0.05, 0.1) is 6.61 Å². The lowest BCUT2D eigenvalue weighted by molar-refractivity contribution is -0.150. The van der Waals surface area contributed by atoms with Gasteiger partial charge < -0.3 is 25.8 Å². The van der Waals surface area contributed by atoms with Crippen LogP contribution in [0.4, 0.5) is 11.4 Å². The first-order valence-corrected chi connectivity index (χ1v) is 10.0. The highest BCUT2D eigenvalue weighted by Crippen LogP contribution is 2.26. The summed E-state index contributed by atoms with van der Waals surface area (Å²) in [6.45, 7) is 6.88. The molecule has 0 spiro atoms. The number of amides is 2. The fraction of sp³-hybridized carbons (Fsp3) is 0.348. The van der Waals surface area contributed by atoms with E-state index in [1.807, 2.05) is 24.3 Å². The molecule has 5 N–H and O–H groups in total. The van der Waals surface area contributed by atoms with Crippen molar-refractivity contribution in [2.75, 3.05) is 23.4 Å². The topological polar surface area (TPSA) is 129 Å². The molecule has 2 aromatic carbocycles. The zero-order valence-electron chi connectivity index (χ0n) is 17.9. The number of anilines is 2. The fourth-order valence-electron chi connectivity index (χ4n) is 3.32. The quantitative estimate of drug-likeness (QED) is 0.431. The number of nitrogens with two attached hydrogens (primary N) is 1. The van der Waals surface area contributed by atoms with Crippen molar-refractivity contribution in [1.29, 1.82) is 5.41 Å². The van der Waals surface area contributed by atoms with Gasteiger partial charge in [-0.3, -0.25) is 15.0 Å². The van der Waals surface area contributed by atoms with Gasteiger partial charge in [-0.05, 0) is 47.4 Å². The molecule has 0 saturated carbocycles.